The summed E-state index contributed by atoms with van der Waals surface area (Å²) in [5.41, 5.74) is 26.7. The van der Waals surface area contributed by atoms with Gasteiger partial charge in [0.15, 0.2) is 0 Å². The molecule has 1 heterocycles. The molecular formula is C73H62N2O. The maximum atomic E-state index is 7.54. The van der Waals surface area contributed by atoms with Crippen molar-refractivity contribution in [3.8, 4) is 22.3 Å². The third-order valence-corrected chi connectivity index (χ3v) is 17.8. The quantitative estimate of drug-likeness (QED) is 0.166. The Hall–Kier alpha value is -8.14. The number of anilines is 6. The van der Waals surface area contributed by atoms with Crippen LogP contribution in [-0.2, 0) is 41.9 Å². The van der Waals surface area contributed by atoms with Crippen LogP contribution in [0.2, 0.25) is 0 Å². The summed E-state index contributed by atoms with van der Waals surface area (Å²) in [6.45, 7) is 13.8. The zero-order valence-corrected chi connectivity index (χ0v) is 44.5. The van der Waals surface area contributed by atoms with Gasteiger partial charge in [0, 0.05) is 39.1 Å². The fraction of sp³-hybridized carbons (Fsp3) is 0.205. The van der Waals surface area contributed by atoms with Crippen molar-refractivity contribution in [3.63, 3.8) is 0 Å². The van der Waals surface area contributed by atoms with Gasteiger partial charge in [0.25, 0.3) is 0 Å². The van der Waals surface area contributed by atoms with Crippen LogP contribution in [-0.4, -0.2) is 0 Å². The Kier molecular flexibility index (Phi) is 9.79. The monoisotopic (exact) mass is 982 g/mol. The Morgan fingerprint density at radius 1 is 0.382 bits per heavy atom. The number of hydrogen-bond acceptors (Lipinski definition) is 3. The number of rotatable bonds is 6. The van der Waals surface area contributed by atoms with Gasteiger partial charge in [0.05, 0.1) is 22.2 Å². The number of aryl methyl sites for hydroxylation is 4. The topological polar surface area (TPSA) is 19.6 Å². The lowest BCUT2D eigenvalue weighted by Gasteiger charge is -2.34. The Morgan fingerprint density at radius 2 is 0.829 bits per heavy atom. The highest BCUT2D eigenvalue weighted by molar-refractivity contribution is 6.23. The molecule has 0 N–H and O–H groups in total. The van der Waals surface area contributed by atoms with Crippen molar-refractivity contribution < 1.29 is 4.42 Å². The van der Waals surface area contributed by atoms with Crippen LogP contribution in [0.25, 0.3) is 55.0 Å². The third-order valence-electron chi connectivity index (χ3n) is 17.8. The highest BCUT2D eigenvalue weighted by Gasteiger charge is 2.54. The lowest BCUT2D eigenvalue weighted by atomic mass is 9.70. The largest absolute Gasteiger partial charge is 0.455 e. The van der Waals surface area contributed by atoms with Crippen LogP contribution in [0, 0.1) is 0 Å². The van der Waals surface area contributed by atoms with Gasteiger partial charge >= 0.3 is 0 Å². The fourth-order valence-corrected chi connectivity index (χ4v) is 14.1. The molecule has 15 rings (SSSR count). The Bertz CT molecular complexity index is 4150. The summed E-state index contributed by atoms with van der Waals surface area (Å²) in [6.07, 6.45) is 6.87. The summed E-state index contributed by atoms with van der Waals surface area (Å²) >= 11 is 0. The van der Waals surface area contributed by atoms with Crippen molar-refractivity contribution >= 4 is 66.8 Å². The highest BCUT2D eigenvalue weighted by Crippen LogP contribution is 2.67. The summed E-state index contributed by atoms with van der Waals surface area (Å²) in [6, 6.07) is 74.9. The van der Waals surface area contributed by atoms with E-state index < -0.39 is 5.41 Å². The van der Waals surface area contributed by atoms with E-state index in [0.29, 0.717) is 0 Å². The fourth-order valence-electron chi connectivity index (χ4n) is 14.1. The first-order valence-electron chi connectivity index (χ1n) is 27.7. The lowest BCUT2D eigenvalue weighted by Crippen LogP contribution is -2.26. The Labute approximate surface area is 447 Å². The van der Waals surface area contributed by atoms with Gasteiger partial charge in [-0.2, -0.15) is 0 Å². The van der Waals surface area contributed by atoms with Crippen LogP contribution in [0.5, 0.6) is 0 Å². The van der Waals surface area contributed by atoms with Crippen LogP contribution in [0.3, 0.4) is 0 Å². The molecule has 3 heteroatoms. The molecule has 3 nitrogen and oxygen atoms in total. The summed E-state index contributed by atoms with van der Waals surface area (Å²) < 4.78 is 7.54. The van der Waals surface area contributed by atoms with Gasteiger partial charge in [-0.3, -0.25) is 0 Å². The minimum Gasteiger partial charge on any atom is -0.455 e. The van der Waals surface area contributed by atoms with Gasteiger partial charge in [-0.05, 0) is 194 Å². The molecular weight excluding hydrogens is 921 g/mol. The predicted octanol–water partition coefficient (Wildman–Crippen LogP) is 19.6. The van der Waals surface area contributed by atoms with Crippen molar-refractivity contribution in [2.75, 3.05) is 9.80 Å². The van der Waals surface area contributed by atoms with E-state index in [1.165, 1.54) is 119 Å². The van der Waals surface area contributed by atoms with Crippen molar-refractivity contribution in [1.82, 2.24) is 0 Å². The van der Waals surface area contributed by atoms with Crippen molar-refractivity contribution in [2.24, 2.45) is 0 Å². The summed E-state index contributed by atoms with van der Waals surface area (Å²) in [7, 11) is 0. The molecule has 0 saturated heterocycles. The predicted molar refractivity (Wildman–Crippen MR) is 318 cm³/mol. The molecule has 10 aromatic carbocycles. The first-order valence-corrected chi connectivity index (χ1v) is 27.7. The molecule has 4 aliphatic carbocycles. The van der Waals surface area contributed by atoms with E-state index in [9.17, 15) is 0 Å². The van der Waals surface area contributed by atoms with E-state index in [1.807, 2.05) is 0 Å². The molecule has 370 valence electrons. The first-order chi connectivity index (χ1) is 36.9. The lowest BCUT2D eigenvalue weighted by molar-refractivity contribution is 0.590. The number of hydrogen-bond donors (Lipinski definition) is 0. The molecule has 0 saturated carbocycles. The van der Waals surface area contributed by atoms with Crippen LogP contribution in [0.15, 0.2) is 199 Å². The van der Waals surface area contributed by atoms with E-state index >= 15 is 0 Å². The molecule has 76 heavy (non-hydrogen) atoms. The number of fused-ring (bicyclic) bond motifs is 18. The van der Waals surface area contributed by atoms with Crippen molar-refractivity contribution in [3.05, 3.63) is 250 Å². The van der Waals surface area contributed by atoms with Crippen molar-refractivity contribution in [2.45, 2.75) is 96.3 Å². The minimum atomic E-state index is -0.710. The van der Waals surface area contributed by atoms with Crippen LogP contribution in [0.4, 0.5) is 34.1 Å². The van der Waals surface area contributed by atoms with E-state index in [2.05, 4.69) is 245 Å². The summed E-state index contributed by atoms with van der Waals surface area (Å²) in [4.78, 5) is 5.12. The van der Waals surface area contributed by atoms with E-state index in [4.69, 9.17) is 4.42 Å². The van der Waals surface area contributed by atoms with Gasteiger partial charge in [0.2, 0.25) is 0 Å². The van der Waals surface area contributed by atoms with E-state index in [1.54, 1.807) is 0 Å². The summed E-state index contributed by atoms with van der Waals surface area (Å²) in [5, 5.41) is 4.67. The molecule has 1 aromatic heterocycles. The average Bonchev–Trinajstić information content (AvgIpc) is 3.98. The molecule has 0 aliphatic heterocycles. The second-order valence-corrected chi connectivity index (χ2v) is 24.2. The smallest absolute Gasteiger partial charge is 0.145 e. The Balaban J connectivity index is 1.09. The first kappa shape index (κ1) is 45.3. The van der Waals surface area contributed by atoms with Gasteiger partial charge in [0.1, 0.15) is 11.2 Å². The Morgan fingerprint density at radius 3 is 1.39 bits per heavy atom. The molecule has 0 amide bonds. The molecule has 1 spiro atoms. The SMILES string of the molecule is CC(C)(C)c1ccc(N(c2ccc3c(c2)CCC3)c2cc3c(c4ccccc24)-c2c(cc(N(c4ccc(C(C)(C)C)cc4)c4ccc5c(c4)CCC5)c4c2oc2ccccc24)C32c3ccccc3-c3ccccc32)cc1. The standard InChI is InChI=1S/C73H62N2O/c1-71(2,3)49-31-37-51(38-32-49)74(53-35-29-45-17-15-19-47(45)41-53)64-43-62-67(58-24-8-7-23-57(58)64)69-63(73(62)60-26-12-9-21-55(60)56-22-10-13-27-61(56)73)44-65(68-59-25-11-14-28-66(59)76-70(68)69)75(52-39-33-50(34-40-52)72(4,5)6)54-36-30-46-18-16-20-48(46)42-54/h7-14,21-44H,15-20H2,1-6H3. The van der Waals surface area contributed by atoms with Gasteiger partial charge in [-0.1, -0.05) is 169 Å². The van der Waals surface area contributed by atoms with Gasteiger partial charge in [-0.15, -0.1) is 0 Å². The van der Waals surface area contributed by atoms with E-state index in [0.717, 1.165) is 64.7 Å². The molecule has 11 aromatic rings. The van der Waals surface area contributed by atoms with Gasteiger partial charge < -0.3 is 14.2 Å². The zero-order valence-electron chi connectivity index (χ0n) is 44.5. The number of benzene rings is 10. The minimum absolute atomic E-state index is 0.00750. The molecule has 0 unspecified atom stereocenters. The molecule has 0 bridgehead atoms. The van der Waals surface area contributed by atoms with Crippen LogP contribution < -0.4 is 9.80 Å². The van der Waals surface area contributed by atoms with E-state index in [-0.39, 0.29) is 10.8 Å². The molecule has 0 fully saturated rings. The number of furan rings is 1. The number of nitrogens with zero attached hydrogens (tertiary/aromatic N) is 2. The number of para-hydroxylation sites is 1. The molecule has 0 radical (unpaired) electrons. The highest BCUT2D eigenvalue weighted by atomic mass is 16.3. The third kappa shape index (κ3) is 6.54. The normalized spacial score (nSPS) is 14.8. The molecule has 0 atom stereocenters. The van der Waals surface area contributed by atoms with Crippen LogP contribution in [0.1, 0.15) is 110 Å². The summed E-state index contributed by atoms with van der Waals surface area (Å²) in [5.74, 6) is 0. The second-order valence-electron chi connectivity index (χ2n) is 24.2. The maximum Gasteiger partial charge on any atom is 0.145 e. The zero-order chi connectivity index (χ0) is 51.2. The van der Waals surface area contributed by atoms with Crippen LogP contribution >= 0.6 is 0 Å². The average molecular weight is 983 g/mol. The van der Waals surface area contributed by atoms with Gasteiger partial charge in [-0.25, -0.2) is 0 Å². The van der Waals surface area contributed by atoms with Crippen molar-refractivity contribution in [1.29, 1.82) is 0 Å². The second kappa shape index (κ2) is 16.4. The molecule has 4 aliphatic rings. The maximum absolute atomic E-state index is 7.54.